The third-order valence-corrected chi connectivity index (χ3v) is 6.13. The molecule has 3 aliphatic rings. The molecular formula is C24H26N4. The Kier molecular flexibility index (Phi) is 3.73. The molecule has 2 N–H and O–H groups in total. The summed E-state index contributed by atoms with van der Waals surface area (Å²) in [6, 6.07) is 8.78. The van der Waals surface area contributed by atoms with Crippen LogP contribution in [0.25, 0.3) is 17.2 Å². The molecular weight excluding hydrogens is 344 g/mol. The highest BCUT2D eigenvalue weighted by Gasteiger charge is 2.32. The van der Waals surface area contributed by atoms with Gasteiger partial charge in [-0.2, -0.15) is 0 Å². The monoisotopic (exact) mass is 370 g/mol. The second-order valence-electron chi connectivity index (χ2n) is 8.78. The Morgan fingerprint density at radius 3 is 2.61 bits per heavy atom. The van der Waals surface area contributed by atoms with E-state index < -0.39 is 0 Å². The van der Waals surface area contributed by atoms with Crippen molar-refractivity contribution in [2.24, 2.45) is 15.4 Å². The van der Waals surface area contributed by atoms with Gasteiger partial charge in [0.15, 0.2) is 0 Å². The van der Waals surface area contributed by atoms with Crippen molar-refractivity contribution < 1.29 is 0 Å². The SMILES string of the molecule is CC1=c2cc/c([nH]2)=C(\C)c2ccc([nH]2)/C=C2\N=C(CC3C=CC1=N3)CC2(C)C. The molecule has 1 atom stereocenters. The minimum Gasteiger partial charge on any atom is -0.355 e. The third kappa shape index (κ3) is 2.84. The fourth-order valence-electron chi connectivity index (χ4n) is 4.33. The van der Waals surface area contributed by atoms with Gasteiger partial charge in [0.1, 0.15) is 0 Å². The van der Waals surface area contributed by atoms with E-state index in [0.717, 1.165) is 46.3 Å². The number of nitrogens with one attached hydrogen (secondary N) is 2. The molecule has 142 valence electrons. The molecule has 0 amide bonds. The highest BCUT2D eigenvalue weighted by Crippen LogP contribution is 2.40. The Balaban J connectivity index is 1.73. The Labute approximate surface area is 165 Å². The summed E-state index contributed by atoms with van der Waals surface area (Å²) in [5.74, 6) is 0. The van der Waals surface area contributed by atoms with Gasteiger partial charge >= 0.3 is 0 Å². The number of aromatic amines is 2. The van der Waals surface area contributed by atoms with E-state index in [1.54, 1.807) is 0 Å². The summed E-state index contributed by atoms with van der Waals surface area (Å²) >= 11 is 0. The minimum atomic E-state index is 0.0538. The van der Waals surface area contributed by atoms with E-state index in [1.807, 2.05) is 0 Å². The summed E-state index contributed by atoms with van der Waals surface area (Å²) in [6.45, 7) is 8.85. The molecule has 2 aromatic rings. The Morgan fingerprint density at radius 2 is 1.79 bits per heavy atom. The van der Waals surface area contributed by atoms with Gasteiger partial charge in [-0.1, -0.05) is 19.9 Å². The number of H-pyrrole nitrogens is 2. The van der Waals surface area contributed by atoms with Gasteiger partial charge in [-0.25, -0.2) is 0 Å². The first-order valence-corrected chi connectivity index (χ1v) is 10.0. The van der Waals surface area contributed by atoms with Crippen molar-refractivity contribution in [2.45, 2.75) is 46.6 Å². The molecule has 4 nitrogen and oxygen atoms in total. The number of fused-ring (bicyclic) bond motifs is 6. The number of nitrogens with zero attached hydrogens (tertiary/aromatic N) is 2. The Bertz CT molecular complexity index is 1210. The van der Waals surface area contributed by atoms with Crippen LogP contribution in [0.5, 0.6) is 0 Å². The van der Waals surface area contributed by atoms with E-state index in [1.165, 1.54) is 16.9 Å². The molecule has 5 rings (SSSR count). The average Bonchev–Trinajstić information content (AvgIpc) is 3.41. The van der Waals surface area contributed by atoms with Crippen molar-refractivity contribution >= 4 is 28.6 Å². The normalized spacial score (nSPS) is 26.8. The van der Waals surface area contributed by atoms with Crippen LogP contribution in [0.1, 0.15) is 51.9 Å². The maximum atomic E-state index is 5.01. The van der Waals surface area contributed by atoms with E-state index in [0.29, 0.717) is 0 Å². The second kappa shape index (κ2) is 6.06. The molecule has 5 heterocycles. The van der Waals surface area contributed by atoms with E-state index in [-0.39, 0.29) is 11.5 Å². The number of rotatable bonds is 0. The van der Waals surface area contributed by atoms with Gasteiger partial charge in [-0.3, -0.25) is 9.98 Å². The number of allylic oxidation sites excluding steroid dienone is 2. The van der Waals surface area contributed by atoms with Crippen LogP contribution in [0, 0.1) is 5.41 Å². The molecule has 0 aliphatic carbocycles. The molecule has 2 aromatic heterocycles. The van der Waals surface area contributed by atoms with Crippen LogP contribution in [-0.2, 0) is 0 Å². The van der Waals surface area contributed by atoms with Crippen LogP contribution < -0.4 is 10.7 Å². The standard InChI is InChI=1S/C24H26N4/c1-14-19-7-5-16(25-19)11-18-13-24(3,4)23(27-18)12-17-6-8-20(26-17)15(2)22-10-9-21(14)28-22/h5-10,12,16,26,28H,11,13H2,1-4H3/b21-14?,22-15-,23-12-. The van der Waals surface area contributed by atoms with Crippen molar-refractivity contribution in [3.8, 4) is 0 Å². The highest BCUT2D eigenvalue weighted by molar-refractivity contribution is 6.24. The molecule has 8 bridgehead atoms. The van der Waals surface area contributed by atoms with Gasteiger partial charge < -0.3 is 9.97 Å². The third-order valence-electron chi connectivity index (χ3n) is 6.13. The first-order chi connectivity index (χ1) is 13.4. The lowest BCUT2D eigenvalue weighted by Gasteiger charge is -2.18. The summed E-state index contributed by atoms with van der Waals surface area (Å²) < 4.78 is 0. The zero-order valence-electron chi connectivity index (χ0n) is 16.9. The number of hydrogen-bond acceptors (Lipinski definition) is 2. The number of hydrogen-bond donors (Lipinski definition) is 2. The van der Waals surface area contributed by atoms with Crippen LogP contribution >= 0.6 is 0 Å². The first kappa shape index (κ1) is 17.2. The van der Waals surface area contributed by atoms with Gasteiger partial charge in [0.25, 0.3) is 0 Å². The predicted molar refractivity (Wildman–Crippen MR) is 117 cm³/mol. The number of aliphatic imine (C=N–C) groups is 2. The second-order valence-corrected chi connectivity index (χ2v) is 8.78. The van der Waals surface area contributed by atoms with E-state index >= 15 is 0 Å². The molecule has 0 saturated heterocycles. The molecule has 1 unspecified atom stereocenters. The summed E-state index contributed by atoms with van der Waals surface area (Å²) in [4.78, 5) is 17.1. The predicted octanol–water partition coefficient (Wildman–Crippen LogP) is 3.73. The fraction of sp³-hybridized carbons (Fsp3) is 0.333. The molecule has 0 radical (unpaired) electrons. The number of aromatic nitrogens is 2. The van der Waals surface area contributed by atoms with Crippen molar-refractivity contribution in [1.82, 2.24) is 9.97 Å². The topological polar surface area (TPSA) is 56.3 Å². The summed E-state index contributed by atoms with van der Waals surface area (Å²) in [6.07, 6.45) is 8.46. The molecule has 0 spiro atoms. The van der Waals surface area contributed by atoms with Crippen LogP contribution in [0.4, 0.5) is 0 Å². The van der Waals surface area contributed by atoms with Gasteiger partial charge in [-0.05, 0) is 67.8 Å². The van der Waals surface area contributed by atoms with Gasteiger partial charge in [0.2, 0.25) is 0 Å². The Morgan fingerprint density at radius 1 is 1.00 bits per heavy atom. The largest absolute Gasteiger partial charge is 0.355 e. The average molecular weight is 371 g/mol. The van der Waals surface area contributed by atoms with E-state index in [2.05, 4.69) is 80.2 Å². The van der Waals surface area contributed by atoms with Crippen molar-refractivity contribution in [1.29, 1.82) is 0 Å². The smallest absolute Gasteiger partial charge is 0.0743 e. The van der Waals surface area contributed by atoms with Gasteiger partial charge in [0, 0.05) is 45.3 Å². The summed E-state index contributed by atoms with van der Waals surface area (Å²) in [5.41, 5.74) is 8.14. The highest BCUT2D eigenvalue weighted by atomic mass is 14.9. The lowest BCUT2D eigenvalue weighted by molar-refractivity contribution is 0.486. The molecule has 28 heavy (non-hydrogen) atoms. The van der Waals surface area contributed by atoms with Crippen molar-refractivity contribution in [3.05, 3.63) is 64.2 Å². The first-order valence-electron chi connectivity index (χ1n) is 10.0. The lowest BCUT2D eigenvalue weighted by atomic mass is 9.85. The molecule has 0 aromatic carbocycles. The van der Waals surface area contributed by atoms with Gasteiger partial charge in [0.05, 0.1) is 11.8 Å². The molecule has 4 heteroatoms. The maximum absolute atomic E-state index is 5.01. The van der Waals surface area contributed by atoms with Crippen LogP contribution in [0.15, 0.2) is 52.1 Å². The summed E-state index contributed by atoms with van der Waals surface area (Å²) in [5, 5.41) is 2.25. The van der Waals surface area contributed by atoms with E-state index in [9.17, 15) is 0 Å². The van der Waals surface area contributed by atoms with Crippen LogP contribution in [0.2, 0.25) is 0 Å². The molecule has 0 saturated carbocycles. The minimum absolute atomic E-state index is 0.0538. The molecule has 3 aliphatic heterocycles. The van der Waals surface area contributed by atoms with Crippen molar-refractivity contribution in [2.75, 3.05) is 0 Å². The lowest BCUT2D eigenvalue weighted by Crippen LogP contribution is -2.17. The van der Waals surface area contributed by atoms with Gasteiger partial charge in [-0.15, -0.1) is 0 Å². The van der Waals surface area contributed by atoms with Crippen LogP contribution in [0.3, 0.4) is 0 Å². The zero-order chi connectivity index (χ0) is 19.5. The Hall–Kier alpha value is -2.88. The zero-order valence-corrected chi connectivity index (χ0v) is 16.9. The molecule has 0 fully saturated rings. The van der Waals surface area contributed by atoms with Crippen LogP contribution in [-0.4, -0.2) is 27.4 Å². The quantitative estimate of drug-likeness (QED) is 0.710. The van der Waals surface area contributed by atoms with E-state index in [4.69, 9.17) is 9.98 Å². The fourth-order valence-corrected chi connectivity index (χ4v) is 4.33. The summed E-state index contributed by atoms with van der Waals surface area (Å²) in [7, 11) is 0. The van der Waals surface area contributed by atoms with Crippen molar-refractivity contribution in [3.63, 3.8) is 0 Å². The maximum Gasteiger partial charge on any atom is 0.0743 e.